The van der Waals surface area contributed by atoms with E-state index in [1.165, 1.54) is 11.2 Å². The SMILES string of the molecule is CNCc1cccc(N(N)c2ncc(C(N)=O)c(Nc3cccc(C)c3)n2)c1. The smallest absolute Gasteiger partial charge is 0.254 e. The maximum atomic E-state index is 11.8. The number of nitrogens with two attached hydrogens (primary N) is 2. The molecule has 0 aliphatic heterocycles. The molecule has 3 aromatic rings. The minimum atomic E-state index is -0.624. The van der Waals surface area contributed by atoms with E-state index >= 15 is 0 Å². The Morgan fingerprint density at radius 1 is 1.18 bits per heavy atom. The van der Waals surface area contributed by atoms with Gasteiger partial charge in [-0.2, -0.15) is 4.98 Å². The van der Waals surface area contributed by atoms with Gasteiger partial charge in [-0.05, 0) is 49.4 Å². The highest BCUT2D eigenvalue weighted by atomic mass is 16.1. The molecule has 0 saturated heterocycles. The summed E-state index contributed by atoms with van der Waals surface area (Å²) in [6, 6.07) is 15.4. The Balaban J connectivity index is 1.96. The Bertz CT molecular complexity index is 990. The third-order valence-corrected chi connectivity index (χ3v) is 4.11. The average Bonchev–Trinajstić information content (AvgIpc) is 2.67. The molecule has 3 rings (SSSR count). The number of amides is 1. The van der Waals surface area contributed by atoms with Crippen molar-refractivity contribution >= 4 is 29.0 Å². The van der Waals surface area contributed by atoms with Gasteiger partial charge in [0, 0.05) is 18.4 Å². The molecular weight excluding hydrogens is 354 g/mol. The first-order chi connectivity index (χ1) is 13.5. The highest BCUT2D eigenvalue weighted by Crippen LogP contribution is 2.24. The summed E-state index contributed by atoms with van der Waals surface area (Å²) in [5.74, 6) is 6.15. The number of carbonyl (C=O) groups is 1. The van der Waals surface area contributed by atoms with Crippen molar-refractivity contribution in [1.82, 2.24) is 15.3 Å². The van der Waals surface area contributed by atoms with Gasteiger partial charge < -0.3 is 16.4 Å². The number of benzene rings is 2. The molecule has 6 N–H and O–H groups in total. The van der Waals surface area contributed by atoms with Gasteiger partial charge in [0.1, 0.15) is 11.4 Å². The summed E-state index contributed by atoms with van der Waals surface area (Å²) in [4.78, 5) is 20.4. The molecule has 1 heterocycles. The molecule has 1 aromatic heterocycles. The fourth-order valence-electron chi connectivity index (χ4n) is 2.76. The van der Waals surface area contributed by atoms with E-state index in [1.54, 1.807) is 0 Å². The molecule has 0 fully saturated rings. The molecule has 0 aliphatic carbocycles. The average molecular weight is 377 g/mol. The van der Waals surface area contributed by atoms with Gasteiger partial charge in [-0.1, -0.05) is 24.3 Å². The third kappa shape index (κ3) is 4.43. The molecule has 0 bridgehead atoms. The maximum Gasteiger partial charge on any atom is 0.254 e. The first-order valence-corrected chi connectivity index (χ1v) is 8.77. The molecule has 8 nitrogen and oxygen atoms in total. The van der Waals surface area contributed by atoms with Gasteiger partial charge in [-0.15, -0.1) is 0 Å². The second-order valence-electron chi connectivity index (χ2n) is 6.36. The quantitative estimate of drug-likeness (QED) is 0.368. The molecule has 0 radical (unpaired) electrons. The molecule has 144 valence electrons. The van der Waals surface area contributed by atoms with Crippen LogP contribution in [0.2, 0.25) is 0 Å². The van der Waals surface area contributed by atoms with Crippen LogP contribution in [-0.2, 0) is 6.54 Å². The summed E-state index contributed by atoms with van der Waals surface area (Å²) in [5.41, 5.74) is 9.31. The first kappa shape index (κ1) is 19.3. The van der Waals surface area contributed by atoms with Crippen molar-refractivity contribution in [2.75, 3.05) is 17.4 Å². The molecule has 28 heavy (non-hydrogen) atoms. The summed E-state index contributed by atoms with van der Waals surface area (Å²) in [6.45, 7) is 2.69. The topological polar surface area (TPSA) is 122 Å². The molecule has 0 unspecified atom stereocenters. The van der Waals surface area contributed by atoms with Crippen LogP contribution >= 0.6 is 0 Å². The van der Waals surface area contributed by atoms with Crippen molar-refractivity contribution in [3.8, 4) is 0 Å². The summed E-state index contributed by atoms with van der Waals surface area (Å²) >= 11 is 0. The molecule has 0 spiro atoms. The predicted octanol–water partition coefficient (Wildman–Crippen LogP) is 2.36. The highest BCUT2D eigenvalue weighted by molar-refractivity contribution is 5.98. The van der Waals surface area contributed by atoms with Crippen LogP contribution in [0.3, 0.4) is 0 Å². The highest BCUT2D eigenvalue weighted by Gasteiger charge is 2.16. The van der Waals surface area contributed by atoms with E-state index in [2.05, 4.69) is 20.6 Å². The lowest BCUT2D eigenvalue weighted by molar-refractivity contribution is 0.100. The number of aryl methyl sites for hydroxylation is 1. The summed E-state index contributed by atoms with van der Waals surface area (Å²) in [7, 11) is 1.88. The molecule has 0 saturated carbocycles. The standard InChI is InChI=1S/C20H23N7O/c1-13-5-3-7-15(9-13)25-19-17(18(21)28)12-24-20(26-19)27(22)16-8-4-6-14(10-16)11-23-2/h3-10,12,23H,11,22H2,1-2H3,(H2,21,28)(H,24,25,26). The van der Waals surface area contributed by atoms with Crippen LogP contribution in [0.15, 0.2) is 54.7 Å². The largest absolute Gasteiger partial charge is 0.365 e. The third-order valence-electron chi connectivity index (χ3n) is 4.11. The second-order valence-corrected chi connectivity index (χ2v) is 6.36. The van der Waals surface area contributed by atoms with Crippen LogP contribution in [0.25, 0.3) is 0 Å². The minimum Gasteiger partial charge on any atom is -0.365 e. The monoisotopic (exact) mass is 377 g/mol. The number of rotatable bonds is 7. The van der Waals surface area contributed by atoms with Crippen molar-refractivity contribution in [3.05, 3.63) is 71.4 Å². The first-order valence-electron chi connectivity index (χ1n) is 8.77. The number of nitrogens with zero attached hydrogens (tertiary/aromatic N) is 3. The van der Waals surface area contributed by atoms with Gasteiger partial charge in [0.2, 0.25) is 5.95 Å². The Kier molecular flexibility index (Phi) is 5.83. The number of carbonyl (C=O) groups excluding carboxylic acids is 1. The number of hydrogen-bond acceptors (Lipinski definition) is 7. The predicted molar refractivity (Wildman–Crippen MR) is 111 cm³/mol. The van der Waals surface area contributed by atoms with Gasteiger partial charge in [-0.3, -0.25) is 4.79 Å². The van der Waals surface area contributed by atoms with Crippen molar-refractivity contribution in [1.29, 1.82) is 0 Å². The number of hydrazine groups is 1. The van der Waals surface area contributed by atoms with E-state index in [0.717, 1.165) is 22.5 Å². The Labute approximate surface area is 163 Å². The fourth-order valence-corrected chi connectivity index (χ4v) is 2.76. The van der Waals surface area contributed by atoms with Gasteiger partial charge in [0.25, 0.3) is 5.91 Å². The number of aromatic nitrogens is 2. The number of anilines is 4. The Morgan fingerprint density at radius 2 is 1.96 bits per heavy atom. The van der Waals surface area contributed by atoms with Gasteiger partial charge in [-0.25, -0.2) is 15.8 Å². The van der Waals surface area contributed by atoms with Crippen LogP contribution in [0.5, 0.6) is 0 Å². The van der Waals surface area contributed by atoms with E-state index < -0.39 is 5.91 Å². The fraction of sp³-hybridized carbons (Fsp3) is 0.150. The Hall–Kier alpha value is -3.49. The van der Waals surface area contributed by atoms with E-state index in [9.17, 15) is 4.79 Å². The van der Waals surface area contributed by atoms with Crippen LogP contribution in [-0.4, -0.2) is 22.9 Å². The number of primary amides is 1. The summed E-state index contributed by atoms with van der Waals surface area (Å²) in [5, 5.41) is 7.59. The molecular formula is C20H23N7O. The molecule has 0 atom stereocenters. The number of nitrogens with one attached hydrogen (secondary N) is 2. The molecule has 8 heteroatoms. The summed E-state index contributed by atoms with van der Waals surface area (Å²) < 4.78 is 0. The lowest BCUT2D eigenvalue weighted by Gasteiger charge is -2.19. The van der Waals surface area contributed by atoms with Crippen LogP contribution in [0.1, 0.15) is 21.5 Å². The lowest BCUT2D eigenvalue weighted by Crippen LogP contribution is -2.28. The van der Waals surface area contributed by atoms with E-state index in [-0.39, 0.29) is 11.5 Å². The second kappa shape index (κ2) is 8.47. The van der Waals surface area contributed by atoms with Crippen molar-refractivity contribution in [3.63, 3.8) is 0 Å². The molecule has 1 amide bonds. The number of hydrogen-bond donors (Lipinski definition) is 4. The van der Waals surface area contributed by atoms with Gasteiger partial charge >= 0.3 is 0 Å². The molecule has 2 aromatic carbocycles. The minimum absolute atomic E-state index is 0.183. The zero-order chi connectivity index (χ0) is 20.1. The Morgan fingerprint density at radius 3 is 2.68 bits per heavy atom. The zero-order valence-corrected chi connectivity index (χ0v) is 15.8. The van der Waals surface area contributed by atoms with E-state index in [0.29, 0.717) is 12.4 Å². The van der Waals surface area contributed by atoms with Crippen molar-refractivity contribution in [2.45, 2.75) is 13.5 Å². The van der Waals surface area contributed by atoms with E-state index in [4.69, 9.17) is 11.6 Å². The van der Waals surface area contributed by atoms with Gasteiger partial charge in [0.15, 0.2) is 0 Å². The molecule has 0 aliphatic rings. The maximum absolute atomic E-state index is 11.8. The van der Waals surface area contributed by atoms with Crippen LogP contribution < -0.4 is 27.2 Å². The summed E-state index contributed by atoms with van der Waals surface area (Å²) in [6.07, 6.45) is 1.38. The van der Waals surface area contributed by atoms with E-state index in [1.807, 2.05) is 62.5 Å². The van der Waals surface area contributed by atoms with Crippen molar-refractivity contribution in [2.24, 2.45) is 11.6 Å². The van der Waals surface area contributed by atoms with Gasteiger partial charge in [0.05, 0.1) is 5.69 Å². The van der Waals surface area contributed by atoms with Crippen LogP contribution in [0.4, 0.5) is 23.1 Å². The normalized spacial score (nSPS) is 10.5. The van der Waals surface area contributed by atoms with Crippen LogP contribution in [0, 0.1) is 6.92 Å². The van der Waals surface area contributed by atoms with Crippen molar-refractivity contribution < 1.29 is 4.79 Å². The zero-order valence-electron chi connectivity index (χ0n) is 15.8. The lowest BCUT2D eigenvalue weighted by atomic mass is 10.2.